The molecule has 1 aliphatic rings. The van der Waals surface area contributed by atoms with E-state index in [1.54, 1.807) is 34.2 Å². The highest BCUT2D eigenvalue weighted by Crippen LogP contribution is 2.27. The average molecular weight is 401 g/mol. The predicted molar refractivity (Wildman–Crippen MR) is 104 cm³/mol. The molecular weight excluding hydrogens is 380 g/mol. The van der Waals surface area contributed by atoms with Gasteiger partial charge in [-0.15, -0.1) is 0 Å². The largest absolute Gasteiger partial charge is 0.333 e. The van der Waals surface area contributed by atoms with E-state index in [2.05, 4.69) is 16.2 Å². The molecule has 3 heterocycles. The van der Waals surface area contributed by atoms with Crippen molar-refractivity contribution in [3.63, 3.8) is 0 Å². The van der Waals surface area contributed by atoms with E-state index >= 15 is 0 Å². The molecule has 1 atom stereocenters. The van der Waals surface area contributed by atoms with Crippen LogP contribution in [0, 0.1) is 17.2 Å². The lowest BCUT2D eigenvalue weighted by molar-refractivity contribution is -0.134. The number of hydrogen-bond donors (Lipinski definition) is 0. The molecule has 1 fully saturated rings. The van der Waals surface area contributed by atoms with E-state index in [-0.39, 0.29) is 29.4 Å². The summed E-state index contributed by atoms with van der Waals surface area (Å²) < 4.78 is 1.57. The summed E-state index contributed by atoms with van der Waals surface area (Å²) in [7, 11) is 0. The summed E-state index contributed by atoms with van der Waals surface area (Å²) in [5.41, 5.74) is 1.22. The smallest absolute Gasteiger partial charge is 0.246 e. The maximum absolute atomic E-state index is 12.9. The fourth-order valence-corrected chi connectivity index (χ4v) is 3.58. The normalized spacial score (nSPS) is 16.2. The molecule has 28 heavy (non-hydrogen) atoms. The lowest BCUT2D eigenvalue weighted by Crippen LogP contribution is -2.41. The Bertz CT molecular complexity index is 892. The summed E-state index contributed by atoms with van der Waals surface area (Å²) in [5.74, 6) is -0.444. The SMILES string of the molecule is CCN(C(=O)CN1CCC(CCC#N)C1=O)c1cn(-c2cccnc2)nc1Cl. The van der Waals surface area contributed by atoms with Crippen molar-refractivity contribution < 1.29 is 9.59 Å². The number of nitrogens with zero attached hydrogens (tertiary/aromatic N) is 6. The molecule has 0 aromatic carbocycles. The molecule has 0 bridgehead atoms. The first-order valence-corrected chi connectivity index (χ1v) is 9.54. The second kappa shape index (κ2) is 8.85. The quantitative estimate of drug-likeness (QED) is 0.711. The van der Waals surface area contributed by atoms with Crippen LogP contribution < -0.4 is 4.90 Å². The molecule has 3 rings (SSSR count). The first-order valence-electron chi connectivity index (χ1n) is 9.16. The van der Waals surface area contributed by atoms with Crippen molar-refractivity contribution in [3.8, 4) is 11.8 Å². The molecular formula is C19H21ClN6O2. The van der Waals surface area contributed by atoms with Crippen LogP contribution in [0.25, 0.3) is 5.69 Å². The maximum Gasteiger partial charge on any atom is 0.246 e. The highest BCUT2D eigenvalue weighted by Gasteiger charge is 2.33. The van der Waals surface area contributed by atoms with Gasteiger partial charge < -0.3 is 9.80 Å². The number of likely N-dealkylation sites (tertiary alicyclic amines) is 1. The molecule has 2 amide bonds. The van der Waals surface area contributed by atoms with Crippen molar-refractivity contribution >= 4 is 29.1 Å². The van der Waals surface area contributed by atoms with Crippen LogP contribution in [0.5, 0.6) is 0 Å². The number of amides is 2. The lowest BCUT2D eigenvalue weighted by Gasteiger charge is -2.23. The van der Waals surface area contributed by atoms with Crippen LogP contribution in [0.4, 0.5) is 5.69 Å². The van der Waals surface area contributed by atoms with Gasteiger partial charge in [-0.05, 0) is 31.9 Å². The molecule has 1 unspecified atom stereocenters. The van der Waals surface area contributed by atoms with Crippen molar-refractivity contribution in [3.05, 3.63) is 35.9 Å². The summed E-state index contributed by atoms with van der Waals surface area (Å²) in [4.78, 5) is 32.5. The molecule has 0 N–H and O–H groups in total. The Labute approximate surface area is 168 Å². The Morgan fingerprint density at radius 3 is 3.00 bits per heavy atom. The summed E-state index contributed by atoms with van der Waals surface area (Å²) in [6, 6.07) is 5.69. The highest BCUT2D eigenvalue weighted by atomic mass is 35.5. The predicted octanol–water partition coefficient (Wildman–Crippen LogP) is 2.43. The number of halogens is 1. The van der Waals surface area contributed by atoms with Crippen molar-refractivity contribution in [2.45, 2.75) is 26.2 Å². The second-order valence-electron chi connectivity index (χ2n) is 6.54. The number of carbonyl (C=O) groups excluding carboxylic acids is 2. The van der Waals surface area contributed by atoms with Crippen molar-refractivity contribution in [1.82, 2.24) is 19.7 Å². The topological polar surface area (TPSA) is 95.1 Å². The number of pyridine rings is 1. The number of carbonyl (C=O) groups is 2. The number of hydrogen-bond acceptors (Lipinski definition) is 5. The van der Waals surface area contributed by atoms with E-state index in [4.69, 9.17) is 16.9 Å². The Balaban J connectivity index is 1.72. The minimum atomic E-state index is -0.218. The molecule has 9 heteroatoms. The fraction of sp³-hybridized carbons (Fsp3) is 0.421. The van der Waals surface area contributed by atoms with Gasteiger partial charge in [-0.2, -0.15) is 10.4 Å². The third-order valence-electron chi connectivity index (χ3n) is 4.81. The van der Waals surface area contributed by atoms with Crippen molar-refractivity contribution in [2.24, 2.45) is 5.92 Å². The zero-order chi connectivity index (χ0) is 20.1. The zero-order valence-electron chi connectivity index (χ0n) is 15.6. The number of likely N-dealkylation sites (N-methyl/N-ethyl adjacent to an activating group) is 1. The second-order valence-corrected chi connectivity index (χ2v) is 6.90. The summed E-state index contributed by atoms with van der Waals surface area (Å²) in [5, 5.41) is 13.2. The number of aromatic nitrogens is 3. The molecule has 1 saturated heterocycles. The van der Waals surface area contributed by atoms with Crippen LogP contribution in [0.15, 0.2) is 30.7 Å². The van der Waals surface area contributed by atoms with Gasteiger partial charge in [0.15, 0.2) is 5.15 Å². The Morgan fingerprint density at radius 2 is 2.32 bits per heavy atom. The van der Waals surface area contributed by atoms with Gasteiger partial charge in [0.1, 0.15) is 12.2 Å². The minimum absolute atomic E-state index is 0.00979. The van der Waals surface area contributed by atoms with E-state index in [0.717, 1.165) is 5.69 Å². The average Bonchev–Trinajstić information content (AvgIpc) is 3.25. The minimum Gasteiger partial charge on any atom is -0.333 e. The highest BCUT2D eigenvalue weighted by molar-refractivity contribution is 6.32. The molecule has 2 aromatic heterocycles. The van der Waals surface area contributed by atoms with E-state index in [1.165, 1.54) is 4.90 Å². The number of nitriles is 1. The van der Waals surface area contributed by atoms with Gasteiger partial charge in [0.2, 0.25) is 11.8 Å². The van der Waals surface area contributed by atoms with Gasteiger partial charge in [0.05, 0.1) is 24.2 Å². The Hall–Kier alpha value is -2.92. The van der Waals surface area contributed by atoms with Gasteiger partial charge in [-0.3, -0.25) is 14.6 Å². The third-order valence-corrected chi connectivity index (χ3v) is 5.08. The number of anilines is 1. The molecule has 1 aliphatic heterocycles. The first-order chi connectivity index (χ1) is 13.5. The van der Waals surface area contributed by atoms with Crippen LogP contribution in [0.3, 0.4) is 0 Å². The third kappa shape index (κ3) is 4.15. The van der Waals surface area contributed by atoms with Gasteiger partial charge >= 0.3 is 0 Å². The molecule has 0 spiro atoms. The monoisotopic (exact) mass is 400 g/mol. The van der Waals surface area contributed by atoms with Crippen LogP contribution in [-0.4, -0.2) is 51.1 Å². The fourth-order valence-electron chi connectivity index (χ4n) is 3.34. The lowest BCUT2D eigenvalue weighted by atomic mass is 10.0. The van der Waals surface area contributed by atoms with Crippen LogP contribution in [0.1, 0.15) is 26.2 Å². The van der Waals surface area contributed by atoms with Crippen LogP contribution in [-0.2, 0) is 9.59 Å². The molecule has 0 saturated carbocycles. The van der Waals surface area contributed by atoms with Gasteiger partial charge in [0, 0.05) is 31.6 Å². The molecule has 0 radical (unpaired) electrons. The van der Waals surface area contributed by atoms with Crippen LogP contribution >= 0.6 is 11.6 Å². The van der Waals surface area contributed by atoms with Crippen molar-refractivity contribution in [1.29, 1.82) is 5.26 Å². The Morgan fingerprint density at radius 1 is 1.50 bits per heavy atom. The van der Waals surface area contributed by atoms with Gasteiger partial charge in [0.25, 0.3) is 0 Å². The zero-order valence-corrected chi connectivity index (χ0v) is 16.3. The van der Waals surface area contributed by atoms with Gasteiger partial charge in [-0.1, -0.05) is 11.6 Å². The van der Waals surface area contributed by atoms with Gasteiger partial charge in [-0.25, -0.2) is 4.68 Å². The summed E-state index contributed by atoms with van der Waals surface area (Å²) in [6.07, 6.45) is 6.56. The molecule has 146 valence electrons. The van der Waals surface area contributed by atoms with E-state index in [0.29, 0.717) is 38.0 Å². The molecule has 0 aliphatic carbocycles. The molecule has 2 aromatic rings. The molecule has 8 nitrogen and oxygen atoms in total. The number of rotatable bonds is 7. The van der Waals surface area contributed by atoms with E-state index < -0.39 is 0 Å². The first kappa shape index (κ1) is 19.8. The maximum atomic E-state index is 12.9. The van der Waals surface area contributed by atoms with Crippen LogP contribution in [0.2, 0.25) is 5.15 Å². The Kier molecular flexibility index (Phi) is 6.26. The van der Waals surface area contributed by atoms with Crippen molar-refractivity contribution in [2.75, 3.05) is 24.5 Å². The summed E-state index contributed by atoms with van der Waals surface area (Å²) >= 11 is 6.28. The standard InChI is InChI=1S/C19H21ClN6O2/c1-2-25(16-12-26(23-18(16)20)15-6-4-9-22-11-15)17(27)13-24-10-7-14(19(24)28)5-3-8-21/h4,6,9,11-12,14H,2-3,5,7,10,13H2,1H3. The van der Waals surface area contributed by atoms with E-state index in [9.17, 15) is 9.59 Å². The van der Waals surface area contributed by atoms with E-state index in [1.807, 2.05) is 13.0 Å². The summed E-state index contributed by atoms with van der Waals surface area (Å²) in [6.45, 7) is 2.76.